The van der Waals surface area contributed by atoms with Crippen LogP contribution in [0.3, 0.4) is 0 Å². The summed E-state index contributed by atoms with van der Waals surface area (Å²) >= 11 is 6.80. The molecule has 0 saturated heterocycles. The summed E-state index contributed by atoms with van der Waals surface area (Å²) in [7, 11) is -0.446. The van der Waals surface area contributed by atoms with Crippen LogP contribution >= 0.6 is 34.8 Å². The average molecular weight is 619 g/mol. The Hall–Kier alpha value is -1.07. The molecule has 0 amide bonds. The van der Waals surface area contributed by atoms with Gasteiger partial charge in [-0.25, -0.2) is 0 Å². The van der Waals surface area contributed by atoms with E-state index in [1.807, 2.05) is 36.5 Å². The second kappa shape index (κ2) is 15.7. The van der Waals surface area contributed by atoms with Gasteiger partial charge in [-0.05, 0) is 23.8 Å². The van der Waals surface area contributed by atoms with E-state index in [2.05, 4.69) is 124 Å². The van der Waals surface area contributed by atoms with E-state index in [-0.39, 0.29) is 0 Å². The predicted molar refractivity (Wildman–Crippen MR) is 134 cm³/mol. The fourth-order valence-electron chi connectivity index (χ4n) is 2.58. The van der Waals surface area contributed by atoms with Crippen molar-refractivity contribution in [3.63, 3.8) is 0 Å². The van der Waals surface area contributed by atoms with Crippen molar-refractivity contribution in [2.45, 2.75) is 0 Å². The largest absolute Gasteiger partial charge is 0.0721 e. The normalized spacial score (nSPS) is 11.8. The number of hydrogen-bond acceptors (Lipinski definition) is 0. The van der Waals surface area contributed by atoms with E-state index in [0.29, 0.717) is 13.9 Å². The number of allylic oxidation sites excluding steroid dienone is 6. The minimum absolute atomic E-state index is 0.446. The summed E-state index contributed by atoms with van der Waals surface area (Å²) in [5.41, 5.74) is 0. The van der Waals surface area contributed by atoms with E-state index >= 15 is 0 Å². The molecule has 0 aromatic heterocycles. The number of halogens is 2. The molecule has 0 spiro atoms. The van der Waals surface area contributed by atoms with Crippen LogP contribution in [0.4, 0.5) is 0 Å². The quantitative estimate of drug-likeness (QED) is 0.222. The molecule has 4 rings (SSSR count). The molecule has 0 atom stereocenters. The molecule has 4 heteroatoms. The van der Waals surface area contributed by atoms with E-state index in [4.69, 9.17) is 0 Å². The van der Waals surface area contributed by atoms with Crippen LogP contribution in [0.25, 0.3) is 0 Å². The van der Waals surface area contributed by atoms with Crippen LogP contribution in [-0.2, 0) is 13.9 Å². The Balaban J connectivity index is 0.000000250. The van der Waals surface area contributed by atoms with Gasteiger partial charge in [-0.3, -0.25) is 0 Å². The first-order valence-corrected chi connectivity index (χ1v) is 17.3. The Bertz CT molecular complexity index is 771. The van der Waals surface area contributed by atoms with Crippen LogP contribution in [-0.4, -0.2) is 0 Å². The molecule has 0 aliphatic heterocycles. The van der Waals surface area contributed by atoms with Crippen molar-refractivity contribution in [3.8, 4) is 0 Å². The third-order valence-electron chi connectivity index (χ3n) is 3.76. The van der Waals surface area contributed by atoms with Gasteiger partial charge in [-0.2, -0.15) is 0 Å². The molecule has 3 aromatic carbocycles. The summed E-state index contributed by atoms with van der Waals surface area (Å²) in [5, 5.41) is 4.19. The van der Waals surface area contributed by atoms with E-state index in [0.717, 1.165) is 0 Å². The third-order valence-corrected chi connectivity index (χ3v) is 6.21. The van der Waals surface area contributed by atoms with Crippen LogP contribution in [0, 0.1) is 6.42 Å². The molecular formula is C25H21Br2PPd. The molecular weight excluding hydrogens is 597 g/mol. The van der Waals surface area contributed by atoms with Gasteiger partial charge >= 0.3 is 40.8 Å². The molecule has 150 valence electrons. The van der Waals surface area contributed by atoms with Gasteiger partial charge in [0.1, 0.15) is 0 Å². The van der Waals surface area contributed by atoms with Crippen molar-refractivity contribution in [2.75, 3.05) is 0 Å². The summed E-state index contributed by atoms with van der Waals surface area (Å²) in [6, 6.07) is 32.3. The van der Waals surface area contributed by atoms with E-state index in [1.54, 1.807) is 0 Å². The van der Waals surface area contributed by atoms with Gasteiger partial charge in [-0.1, -0.05) is 127 Å². The minimum atomic E-state index is -0.446. The van der Waals surface area contributed by atoms with Crippen LogP contribution < -0.4 is 15.9 Å². The van der Waals surface area contributed by atoms with E-state index < -0.39 is 7.92 Å². The van der Waals surface area contributed by atoms with Crippen molar-refractivity contribution < 1.29 is 13.9 Å². The zero-order valence-electron chi connectivity index (χ0n) is 15.6. The number of hydrogen-bond donors (Lipinski definition) is 0. The molecule has 2 radical (unpaired) electrons. The molecule has 3 aromatic rings. The molecule has 0 saturated carbocycles. The Morgan fingerprint density at radius 3 is 1.14 bits per heavy atom. The van der Waals surface area contributed by atoms with Gasteiger partial charge in [-0.15, -0.1) is 0 Å². The van der Waals surface area contributed by atoms with Crippen molar-refractivity contribution in [1.29, 1.82) is 0 Å². The first kappa shape index (κ1) is 24.2. The monoisotopic (exact) mass is 616 g/mol. The topological polar surface area (TPSA) is 0 Å². The maximum atomic E-state index is 3.11. The summed E-state index contributed by atoms with van der Waals surface area (Å²) < 4.78 is 0. The van der Waals surface area contributed by atoms with Gasteiger partial charge in [0.2, 0.25) is 0 Å². The molecule has 0 unspecified atom stereocenters. The van der Waals surface area contributed by atoms with Gasteiger partial charge in [0.15, 0.2) is 0 Å². The second-order valence-corrected chi connectivity index (χ2v) is 15.0. The van der Waals surface area contributed by atoms with Gasteiger partial charge in [0.05, 0.1) is 0 Å². The maximum Gasteiger partial charge on any atom is 0.0343 e. The molecule has 0 bridgehead atoms. The zero-order chi connectivity index (χ0) is 20.6. The van der Waals surface area contributed by atoms with Crippen LogP contribution in [0.1, 0.15) is 0 Å². The Morgan fingerprint density at radius 1 is 0.517 bits per heavy atom. The van der Waals surface area contributed by atoms with Crippen LogP contribution in [0.2, 0.25) is 0 Å². The Morgan fingerprint density at radius 2 is 0.828 bits per heavy atom. The predicted octanol–water partition coefficient (Wildman–Crippen LogP) is 6.88. The Kier molecular flexibility index (Phi) is 13.1. The average Bonchev–Trinajstić information content (AvgIpc) is 3.11. The molecule has 0 fully saturated rings. The standard InChI is InChI=1S/C18H15P.C7H6.2BrH.Pd/c1-4-10-16(11-5-1)19(17-12-6-2-7-13-17)18-14-8-3-9-15-18;1-2-4-6-7-5-3-1;;;/h1-15H;1-6H;2*1H;/q;;;;+2/p-2. The van der Waals surface area contributed by atoms with Crippen molar-refractivity contribution in [1.82, 2.24) is 0 Å². The van der Waals surface area contributed by atoms with Gasteiger partial charge in [0, 0.05) is 6.42 Å². The number of benzene rings is 3. The third kappa shape index (κ3) is 9.52. The zero-order valence-corrected chi connectivity index (χ0v) is 21.3. The SMILES string of the molecule is [Br][Pd][Br].[C]1C=CC=CC=C1.c1ccc(P(c2ccccc2)c2ccccc2)cc1. The fourth-order valence-corrected chi connectivity index (χ4v) is 4.89. The van der Waals surface area contributed by atoms with Gasteiger partial charge in [0.25, 0.3) is 0 Å². The molecule has 1 aliphatic carbocycles. The first-order chi connectivity index (χ1) is 14.4. The molecule has 0 N–H and O–H groups in total. The van der Waals surface area contributed by atoms with Crippen molar-refractivity contribution >= 4 is 50.7 Å². The van der Waals surface area contributed by atoms with Gasteiger partial charge < -0.3 is 0 Å². The Labute approximate surface area is 197 Å². The van der Waals surface area contributed by atoms with Crippen LogP contribution in [0.5, 0.6) is 0 Å². The second-order valence-electron chi connectivity index (χ2n) is 5.66. The molecule has 29 heavy (non-hydrogen) atoms. The fraction of sp³-hybridized carbons (Fsp3) is 0. The first-order valence-electron chi connectivity index (χ1n) is 8.89. The van der Waals surface area contributed by atoms with Crippen molar-refractivity contribution in [2.24, 2.45) is 0 Å². The summed E-state index contributed by atoms with van der Waals surface area (Å²) in [6.07, 6.45) is 14.5. The summed E-state index contributed by atoms with van der Waals surface area (Å²) in [4.78, 5) is 0. The minimum Gasteiger partial charge on any atom is -0.0721 e. The van der Waals surface area contributed by atoms with Crippen LogP contribution in [0.15, 0.2) is 127 Å². The van der Waals surface area contributed by atoms with Crippen molar-refractivity contribution in [3.05, 3.63) is 134 Å². The molecule has 0 nitrogen and oxygen atoms in total. The maximum absolute atomic E-state index is 3.11. The van der Waals surface area contributed by atoms with E-state index in [9.17, 15) is 0 Å². The smallest absolute Gasteiger partial charge is 0.0343 e. The molecule has 0 heterocycles. The summed E-state index contributed by atoms with van der Waals surface area (Å²) in [6.45, 7) is 0. The number of rotatable bonds is 3. The summed E-state index contributed by atoms with van der Waals surface area (Å²) in [5.74, 6) is 0. The van der Waals surface area contributed by atoms with E-state index in [1.165, 1.54) is 15.9 Å². The molecule has 1 aliphatic rings.